The van der Waals surface area contributed by atoms with Gasteiger partial charge in [0.25, 0.3) is 0 Å². The van der Waals surface area contributed by atoms with Crippen LogP contribution in [0.4, 0.5) is 0 Å². The van der Waals surface area contributed by atoms with E-state index in [1.807, 2.05) is 0 Å². The topological polar surface area (TPSA) is 46.5 Å². The first-order valence-electron chi connectivity index (χ1n) is 2.54. The predicted octanol–water partition coefficient (Wildman–Crippen LogP) is 1.79. The van der Waals surface area contributed by atoms with Crippen molar-refractivity contribution in [1.82, 2.24) is 0 Å². The Hall–Kier alpha value is 0.440. The van der Waals surface area contributed by atoms with Gasteiger partial charge in [0.2, 0.25) is 0 Å². The Balaban J connectivity index is 3.73. The summed E-state index contributed by atoms with van der Waals surface area (Å²) in [5, 5.41) is 0. The maximum absolute atomic E-state index is 10.6. The summed E-state index contributed by atoms with van der Waals surface area (Å²) < 4.78 is 15.2. The largest absolute Gasteiger partial charge is 0.343 e. The summed E-state index contributed by atoms with van der Waals surface area (Å²) >= 11 is 5.10. The Bertz CT molecular complexity index is 125. The molecule has 1 atom stereocenters. The number of rotatable bonds is 3. The number of hydrogen-bond acceptors (Lipinski definition) is 2. The average molecular weight is 173 g/mol. The van der Waals surface area contributed by atoms with E-state index in [2.05, 4.69) is 4.52 Å². The minimum Gasteiger partial charge on any atom is -0.323 e. The maximum Gasteiger partial charge on any atom is 0.343 e. The van der Waals surface area contributed by atoms with Gasteiger partial charge >= 0.3 is 7.60 Å². The molecule has 0 amide bonds. The van der Waals surface area contributed by atoms with Crippen molar-refractivity contribution in [3.63, 3.8) is 0 Å². The van der Waals surface area contributed by atoms with Crippen LogP contribution in [-0.2, 0) is 9.09 Å². The molecule has 9 heavy (non-hydrogen) atoms. The van der Waals surface area contributed by atoms with Crippen LogP contribution in [0.5, 0.6) is 0 Å². The van der Waals surface area contributed by atoms with Gasteiger partial charge in [-0.15, -0.1) is 11.6 Å². The van der Waals surface area contributed by atoms with E-state index in [0.717, 1.165) is 0 Å². The summed E-state index contributed by atoms with van der Waals surface area (Å²) in [4.78, 5) is 8.70. The summed E-state index contributed by atoms with van der Waals surface area (Å²) in [5.74, 6) is 0. The lowest BCUT2D eigenvalue weighted by atomic mass is 10.5. The van der Waals surface area contributed by atoms with Gasteiger partial charge in [0.1, 0.15) is 5.62 Å². The highest BCUT2D eigenvalue weighted by Crippen LogP contribution is 2.43. The lowest BCUT2D eigenvalue weighted by molar-refractivity contribution is 0.207. The molecule has 0 bridgehead atoms. The minimum atomic E-state index is -3.46. The molecule has 1 unspecified atom stereocenters. The quantitative estimate of drug-likeness (QED) is 0.522. The molecular formula is C4H10ClO3P. The van der Waals surface area contributed by atoms with Crippen molar-refractivity contribution in [2.45, 2.75) is 20.0 Å². The van der Waals surface area contributed by atoms with Crippen LogP contribution in [0.25, 0.3) is 0 Å². The van der Waals surface area contributed by atoms with E-state index in [-0.39, 0.29) is 11.7 Å². The van der Waals surface area contributed by atoms with Gasteiger partial charge in [-0.3, -0.25) is 4.57 Å². The molecule has 0 aromatic heterocycles. The molecular weight excluding hydrogens is 162 g/mol. The summed E-state index contributed by atoms with van der Waals surface area (Å²) in [7, 11) is -3.46. The fourth-order valence-corrected chi connectivity index (χ4v) is 1.24. The van der Waals surface area contributed by atoms with Gasteiger partial charge in [0, 0.05) is 0 Å². The first kappa shape index (κ1) is 9.44. The van der Waals surface area contributed by atoms with Crippen molar-refractivity contribution in [2.24, 2.45) is 0 Å². The zero-order chi connectivity index (χ0) is 7.49. The van der Waals surface area contributed by atoms with Gasteiger partial charge in [-0.1, -0.05) is 0 Å². The maximum atomic E-state index is 10.6. The molecule has 0 spiro atoms. The van der Waals surface area contributed by atoms with E-state index in [4.69, 9.17) is 16.5 Å². The van der Waals surface area contributed by atoms with Crippen molar-refractivity contribution in [1.29, 1.82) is 0 Å². The van der Waals surface area contributed by atoms with Crippen LogP contribution in [-0.4, -0.2) is 16.6 Å². The Morgan fingerprint density at radius 2 is 2.22 bits per heavy atom. The van der Waals surface area contributed by atoms with Gasteiger partial charge in [-0.2, -0.15) is 0 Å². The average Bonchev–Trinajstić information content (AvgIpc) is 1.63. The second-order valence-electron chi connectivity index (χ2n) is 1.91. The van der Waals surface area contributed by atoms with Crippen molar-refractivity contribution >= 4 is 19.2 Å². The van der Waals surface area contributed by atoms with E-state index in [1.54, 1.807) is 13.8 Å². The predicted molar refractivity (Wildman–Crippen MR) is 36.8 cm³/mol. The Labute approximate surface area is 59.5 Å². The van der Waals surface area contributed by atoms with Crippen LogP contribution in [0.2, 0.25) is 0 Å². The zero-order valence-corrected chi connectivity index (χ0v) is 7.02. The number of alkyl halides is 1. The Morgan fingerprint density at radius 3 is 2.33 bits per heavy atom. The summed E-state index contributed by atoms with van der Waals surface area (Å²) in [6.45, 7) is 3.35. The second-order valence-corrected chi connectivity index (χ2v) is 4.35. The Morgan fingerprint density at radius 1 is 1.78 bits per heavy atom. The number of hydrogen-bond donors (Lipinski definition) is 1. The highest BCUT2D eigenvalue weighted by molar-refractivity contribution is 7.54. The molecule has 0 rings (SSSR count). The second kappa shape index (κ2) is 3.57. The third-order valence-corrected chi connectivity index (χ3v) is 2.49. The summed E-state index contributed by atoms with van der Waals surface area (Å²) in [6.07, 6.45) is -0.250. The molecule has 3 nitrogen and oxygen atoms in total. The van der Waals surface area contributed by atoms with Crippen LogP contribution in [0.1, 0.15) is 13.8 Å². The normalized spacial score (nSPS) is 17.9. The van der Waals surface area contributed by atoms with E-state index in [0.29, 0.717) is 0 Å². The molecule has 0 saturated heterocycles. The fraction of sp³-hybridized carbons (Fsp3) is 1.00. The first-order valence-corrected chi connectivity index (χ1v) is 4.84. The molecule has 5 heteroatoms. The summed E-state index contributed by atoms with van der Waals surface area (Å²) in [6, 6.07) is 0. The van der Waals surface area contributed by atoms with Crippen molar-refractivity contribution in [3.8, 4) is 0 Å². The molecule has 0 fully saturated rings. The van der Waals surface area contributed by atoms with Gasteiger partial charge in [0.15, 0.2) is 0 Å². The molecule has 0 aliphatic carbocycles. The van der Waals surface area contributed by atoms with Crippen LogP contribution in [0.3, 0.4) is 0 Å². The molecule has 0 aliphatic heterocycles. The van der Waals surface area contributed by atoms with Crippen molar-refractivity contribution in [2.75, 3.05) is 5.62 Å². The molecule has 0 heterocycles. The van der Waals surface area contributed by atoms with Gasteiger partial charge in [-0.25, -0.2) is 0 Å². The SMILES string of the molecule is CC(C)OP(=O)(O)CCl. The highest BCUT2D eigenvalue weighted by Gasteiger charge is 2.18. The van der Waals surface area contributed by atoms with E-state index in [9.17, 15) is 4.57 Å². The standard InChI is InChI=1S/C4H10ClO3P/c1-4(2)8-9(6,7)3-5/h4H,3H2,1-2H3,(H,6,7). The molecule has 0 aromatic carbocycles. The van der Waals surface area contributed by atoms with Crippen LogP contribution in [0, 0.1) is 0 Å². The summed E-state index contributed by atoms with van der Waals surface area (Å²) in [5.41, 5.74) is -0.342. The van der Waals surface area contributed by atoms with E-state index < -0.39 is 7.60 Å². The fourth-order valence-electron chi connectivity index (χ4n) is 0.358. The zero-order valence-electron chi connectivity index (χ0n) is 5.37. The smallest absolute Gasteiger partial charge is 0.323 e. The third kappa shape index (κ3) is 4.91. The van der Waals surface area contributed by atoms with Gasteiger partial charge in [-0.05, 0) is 13.8 Å². The highest BCUT2D eigenvalue weighted by atomic mass is 35.5. The van der Waals surface area contributed by atoms with E-state index in [1.165, 1.54) is 0 Å². The third-order valence-electron chi connectivity index (χ3n) is 0.527. The van der Waals surface area contributed by atoms with Crippen molar-refractivity contribution < 1.29 is 14.0 Å². The van der Waals surface area contributed by atoms with Crippen molar-refractivity contribution in [3.05, 3.63) is 0 Å². The van der Waals surface area contributed by atoms with E-state index >= 15 is 0 Å². The molecule has 0 aliphatic rings. The monoisotopic (exact) mass is 172 g/mol. The minimum absolute atomic E-state index is 0.250. The number of halogens is 1. The Kier molecular flexibility index (Phi) is 3.74. The lowest BCUT2D eigenvalue weighted by Gasteiger charge is -2.10. The van der Waals surface area contributed by atoms with Gasteiger partial charge in [0.05, 0.1) is 6.10 Å². The van der Waals surface area contributed by atoms with Gasteiger partial charge < -0.3 is 9.42 Å². The first-order chi connectivity index (χ1) is 3.98. The lowest BCUT2D eigenvalue weighted by Crippen LogP contribution is -2.00. The molecule has 1 N–H and O–H groups in total. The molecule has 0 radical (unpaired) electrons. The van der Waals surface area contributed by atoms with Crippen LogP contribution < -0.4 is 0 Å². The van der Waals surface area contributed by atoms with Crippen LogP contribution >= 0.6 is 19.2 Å². The molecule has 56 valence electrons. The molecule has 0 aromatic rings. The van der Waals surface area contributed by atoms with Crippen LogP contribution in [0.15, 0.2) is 0 Å². The molecule has 0 saturated carbocycles.